The summed E-state index contributed by atoms with van der Waals surface area (Å²) < 4.78 is 0. The molecule has 0 atom stereocenters. The molecule has 14 heavy (non-hydrogen) atoms. The molecule has 1 aromatic carbocycles. The van der Waals surface area contributed by atoms with E-state index in [0.29, 0.717) is 11.7 Å². The van der Waals surface area contributed by atoms with Crippen LogP contribution in [0.1, 0.15) is 5.56 Å². The van der Waals surface area contributed by atoms with E-state index in [1.165, 1.54) is 11.8 Å². The second-order valence-corrected chi connectivity index (χ2v) is 3.34. The van der Waals surface area contributed by atoms with E-state index in [0.717, 1.165) is 5.56 Å². The first-order chi connectivity index (χ1) is 6.86. The van der Waals surface area contributed by atoms with E-state index < -0.39 is 0 Å². The molecular weight excluding hydrogens is 194 g/mol. The molecule has 0 aromatic heterocycles. The first kappa shape index (κ1) is 10.6. The molecule has 0 radical (unpaired) electrons. The van der Waals surface area contributed by atoms with Gasteiger partial charge in [0.2, 0.25) is 0 Å². The minimum absolute atomic E-state index is 0.603. The van der Waals surface area contributed by atoms with Crippen molar-refractivity contribution in [1.29, 1.82) is 5.26 Å². The summed E-state index contributed by atoms with van der Waals surface area (Å²) in [5, 5.41) is 11.6. The summed E-state index contributed by atoms with van der Waals surface area (Å²) in [4.78, 5) is 4.25. The number of hydrogen-bond acceptors (Lipinski definition) is 3. The highest BCUT2D eigenvalue weighted by Crippen LogP contribution is 2.02. The third kappa shape index (κ3) is 3.50. The monoisotopic (exact) mass is 205 g/mol. The van der Waals surface area contributed by atoms with Crippen LogP contribution in [0.3, 0.4) is 0 Å². The number of hydrogen-bond donors (Lipinski definition) is 1. The molecule has 4 heteroatoms. The molecular formula is C10H11N3S. The highest BCUT2D eigenvalue weighted by atomic mass is 32.2. The zero-order valence-corrected chi connectivity index (χ0v) is 8.71. The maximum Gasteiger partial charge on any atom is 0.183 e. The Morgan fingerprint density at radius 2 is 2.21 bits per heavy atom. The van der Waals surface area contributed by atoms with Gasteiger partial charge in [0.25, 0.3) is 0 Å². The van der Waals surface area contributed by atoms with Gasteiger partial charge in [-0.1, -0.05) is 42.1 Å². The van der Waals surface area contributed by atoms with Crippen molar-refractivity contribution in [2.45, 2.75) is 6.54 Å². The van der Waals surface area contributed by atoms with Crippen LogP contribution >= 0.6 is 11.8 Å². The largest absolute Gasteiger partial charge is 0.272 e. The number of nitrogens with zero attached hydrogens (tertiary/aromatic N) is 2. The summed E-state index contributed by atoms with van der Waals surface area (Å²) in [6, 6.07) is 9.93. The molecule has 1 rings (SSSR count). The molecule has 0 saturated heterocycles. The van der Waals surface area contributed by atoms with E-state index in [2.05, 4.69) is 10.3 Å². The number of aliphatic imine (C=N–C) groups is 1. The fraction of sp³-hybridized carbons (Fsp3) is 0.200. The minimum Gasteiger partial charge on any atom is -0.272 e. The van der Waals surface area contributed by atoms with Crippen molar-refractivity contribution >= 4 is 16.9 Å². The SMILES string of the molecule is CSC(=NCc1ccccc1)NC#N. The van der Waals surface area contributed by atoms with Crippen LogP contribution in [-0.4, -0.2) is 11.4 Å². The lowest BCUT2D eigenvalue weighted by atomic mass is 10.2. The van der Waals surface area contributed by atoms with Crippen molar-refractivity contribution in [1.82, 2.24) is 5.32 Å². The number of benzene rings is 1. The molecule has 0 aliphatic rings. The van der Waals surface area contributed by atoms with Gasteiger partial charge in [0.1, 0.15) is 0 Å². The van der Waals surface area contributed by atoms with Gasteiger partial charge in [-0.15, -0.1) is 0 Å². The molecule has 1 N–H and O–H groups in total. The van der Waals surface area contributed by atoms with E-state index in [1.807, 2.05) is 42.8 Å². The van der Waals surface area contributed by atoms with Gasteiger partial charge in [-0.25, -0.2) is 0 Å². The third-order valence-corrected chi connectivity index (χ3v) is 2.22. The van der Waals surface area contributed by atoms with Gasteiger partial charge in [-0.3, -0.25) is 10.3 Å². The van der Waals surface area contributed by atoms with Crippen molar-refractivity contribution < 1.29 is 0 Å². The lowest BCUT2D eigenvalue weighted by Crippen LogP contribution is -2.13. The van der Waals surface area contributed by atoms with Gasteiger partial charge in [-0.2, -0.15) is 5.26 Å². The molecule has 1 aromatic rings. The average Bonchev–Trinajstić information content (AvgIpc) is 2.25. The highest BCUT2D eigenvalue weighted by Gasteiger charge is 1.94. The van der Waals surface area contributed by atoms with Crippen LogP contribution in [0.5, 0.6) is 0 Å². The van der Waals surface area contributed by atoms with Gasteiger partial charge in [0.05, 0.1) is 6.54 Å². The summed E-state index contributed by atoms with van der Waals surface area (Å²) in [5.41, 5.74) is 1.14. The highest BCUT2D eigenvalue weighted by molar-refractivity contribution is 8.13. The minimum atomic E-state index is 0.603. The Kier molecular flexibility index (Phi) is 4.59. The van der Waals surface area contributed by atoms with Crippen LogP contribution in [0, 0.1) is 11.5 Å². The summed E-state index contributed by atoms with van der Waals surface area (Å²) >= 11 is 1.43. The van der Waals surface area contributed by atoms with E-state index in [1.54, 1.807) is 0 Å². The fourth-order valence-electron chi connectivity index (χ4n) is 0.949. The molecule has 0 aliphatic heterocycles. The van der Waals surface area contributed by atoms with Crippen molar-refractivity contribution in [2.24, 2.45) is 4.99 Å². The maximum absolute atomic E-state index is 8.41. The van der Waals surface area contributed by atoms with Crippen molar-refractivity contribution in [2.75, 3.05) is 6.26 Å². The van der Waals surface area contributed by atoms with Gasteiger partial charge in [-0.05, 0) is 11.8 Å². The normalized spacial score (nSPS) is 10.7. The van der Waals surface area contributed by atoms with Crippen LogP contribution in [0.2, 0.25) is 0 Å². The van der Waals surface area contributed by atoms with Crippen molar-refractivity contribution in [3.63, 3.8) is 0 Å². The van der Waals surface area contributed by atoms with E-state index in [-0.39, 0.29) is 0 Å². The Bertz CT molecular complexity index is 340. The summed E-state index contributed by atoms with van der Waals surface area (Å²) in [7, 11) is 0. The lowest BCUT2D eigenvalue weighted by molar-refractivity contribution is 1.06. The van der Waals surface area contributed by atoms with Gasteiger partial charge < -0.3 is 0 Å². The summed E-state index contributed by atoms with van der Waals surface area (Å²) in [6.07, 6.45) is 3.74. The Labute approximate surface area is 87.9 Å². The van der Waals surface area contributed by atoms with Gasteiger partial charge >= 0.3 is 0 Å². The number of amidine groups is 1. The topological polar surface area (TPSA) is 48.2 Å². The summed E-state index contributed by atoms with van der Waals surface area (Å²) in [6.45, 7) is 0.603. The van der Waals surface area contributed by atoms with Crippen LogP contribution < -0.4 is 5.32 Å². The van der Waals surface area contributed by atoms with Gasteiger partial charge in [0.15, 0.2) is 11.4 Å². The summed E-state index contributed by atoms with van der Waals surface area (Å²) in [5.74, 6) is 0. The smallest absolute Gasteiger partial charge is 0.183 e. The number of rotatable bonds is 2. The second kappa shape index (κ2) is 6.06. The molecule has 0 saturated carbocycles. The molecule has 0 aliphatic carbocycles. The molecule has 3 nitrogen and oxygen atoms in total. The molecule has 0 spiro atoms. The van der Waals surface area contributed by atoms with Crippen LogP contribution in [0.25, 0.3) is 0 Å². The van der Waals surface area contributed by atoms with Crippen LogP contribution in [0.15, 0.2) is 35.3 Å². The number of thioether (sulfide) groups is 1. The lowest BCUT2D eigenvalue weighted by Gasteiger charge is -1.99. The first-order valence-corrected chi connectivity index (χ1v) is 5.36. The zero-order chi connectivity index (χ0) is 10.2. The fourth-order valence-corrected chi connectivity index (χ4v) is 1.29. The molecule has 0 fully saturated rings. The predicted molar refractivity (Wildman–Crippen MR) is 59.8 cm³/mol. The Morgan fingerprint density at radius 3 is 2.79 bits per heavy atom. The van der Waals surface area contributed by atoms with Crippen LogP contribution in [0.4, 0.5) is 0 Å². The predicted octanol–water partition coefficient (Wildman–Crippen LogP) is 1.98. The quantitative estimate of drug-likeness (QED) is 0.347. The van der Waals surface area contributed by atoms with Crippen molar-refractivity contribution in [3.05, 3.63) is 35.9 Å². The maximum atomic E-state index is 8.41. The Balaban J connectivity index is 2.58. The average molecular weight is 205 g/mol. The van der Waals surface area contributed by atoms with E-state index in [4.69, 9.17) is 5.26 Å². The molecule has 72 valence electrons. The third-order valence-electron chi connectivity index (χ3n) is 1.60. The first-order valence-electron chi connectivity index (χ1n) is 4.14. The molecule has 0 amide bonds. The van der Waals surface area contributed by atoms with Gasteiger partial charge in [0, 0.05) is 0 Å². The zero-order valence-electron chi connectivity index (χ0n) is 7.90. The van der Waals surface area contributed by atoms with Crippen LogP contribution in [-0.2, 0) is 6.54 Å². The molecule has 0 heterocycles. The number of nitrogens with one attached hydrogen (secondary N) is 1. The molecule has 0 unspecified atom stereocenters. The standard InChI is InChI=1S/C10H11N3S/c1-14-10(13-8-11)12-7-9-5-3-2-4-6-9/h2-6H,7H2,1H3,(H,12,13). The Morgan fingerprint density at radius 1 is 1.50 bits per heavy atom. The Hall–Kier alpha value is -1.47. The molecule has 0 bridgehead atoms. The number of nitriles is 1. The van der Waals surface area contributed by atoms with E-state index in [9.17, 15) is 0 Å². The second-order valence-electron chi connectivity index (χ2n) is 2.55. The van der Waals surface area contributed by atoms with E-state index >= 15 is 0 Å². The van der Waals surface area contributed by atoms with Crippen molar-refractivity contribution in [3.8, 4) is 6.19 Å².